The predicted molar refractivity (Wildman–Crippen MR) is 208 cm³/mol. The van der Waals surface area contributed by atoms with Crippen LogP contribution in [0, 0.1) is 27.7 Å². The SMILES string of the molecule is Cc1noc(C)c1-c1ccc(NC2CCS(=O)(=O)CC2)c(N)c1.Cc1noc(C)c1-c1ccc(NC2CCS(=O)(=O)CC2)c(NC(=O)[C@@H]2CCC(=O)N2)c1. The summed E-state index contributed by atoms with van der Waals surface area (Å²) in [4.78, 5) is 24.3. The average molecular weight is 782 g/mol. The summed E-state index contributed by atoms with van der Waals surface area (Å²) in [5.41, 5.74) is 14.1. The molecule has 3 aliphatic rings. The van der Waals surface area contributed by atoms with Crippen LogP contribution in [0.3, 0.4) is 0 Å². The Bertz CT molecular complexity index is 2200. The van der Waals surface area contributed by atoms with Gasteiger partial charge in [-0.1, -0.05) is 22.4 Å². The van der Waals surface area contributed by atoms with E-state index in [1.54, 1.807) is 0 Å². The highest BCUT2D eigenvalue weighted by molar-refractivity contribution is 7.91. The molecule has 2 amide bonds. The molecule has 290 valence electrons. The second-order valence-electron chi connectivity index (χ2n) is 14.2. The van der Waals surface area contributed by atoms with Crippen LogP contribution in [0.25, 0.3) is 22.3 Å². The first-order valence-corrected chi connectivity index (χ1v) is 21.7. The van der Waals surface area contributed by atoms with Gasteiger partial charge in [0.15, 0.2) is 0 Å². The molecule has 6 N–H and O–H groups in total. The molecule has 0 radical (unpaired) electrons. The molecule has 17 heteroatoms. The third-order valence-corrected chi connectivity index (χ3v) is 13.5. The fourth-order valence-corrected chi connectivity index (χ4v) is 10.1. The number of sulfone groups is 2. The fourth-order valence-electron chi connectivity index (χ4n) is 7.11. The smallest absolute Gasteiger partial charge is 0.247 e. The molecule has 2 aromatic heterocycles. The molecule has 3 aliphatic heterocycles. The second-order valence-corrected chi connectivity index (χ2v) is 18.9. The van der Waals surface area contributed by atoms with Gasteiger partial charge in [0, 0.05) is 29.6 Å². The molecular weight excluding hydrogens is 735 g/mol. The summed E-state index contributed by atoms with van der Waals surface area (Å²) in [6, 6.07) is 11.0. The molecule has 3 saturated heterocycles. The number of hydrogen-bond donors (Lipinski definition) is 5. The summed E-state index contributed by atoms with van der Waals surface area (Å²) in [6.45, 7) is 7.46. The lowest BCUT2D eigenvalue weighted by Gasteiger charge is -2.26. The van der Waals surface area contributed by atoms with Crippen molar-refractivity contribution in [1.29, 1.82) is 0 Å². The number of hydrogen-bond acceptors (Lipinski definition) is 13. The topological polar surface area (TPSA) is 229 Å². The maximum atomic E-state index is 12.8. The number of nitrogens with one attached hydrogen (secondary N) is 4. The Morgan fingerprint density at radius 3 is 1.65 bits per heavy atom. The Labute approximate surface area is 315 Å². The van der Waals surface area contributed by atoms with Gasteiger partial charge < -0.3 is 36.0 Å². The Hall–Kier alpha value is -4.90. The van der Waals surface area contributed by atoms with E-state index in [9.17, 15) is 26.4 Å². The first kappa shape index (κ1) is 38.8. The number of amides is 2. The highest BCUT2D eigenvalue weighted by Gasteiger charge is 2.29. The third kappa shape index (κ3) is 9.24. The third-order valence-electron chi connectivity index (χ3n) is 10.1. The summed E-state index contributed by atoms with van der Waals surface area (Å²) >= 11 is 0. The molecule has 0 saturated carbocycles. The lowest BCUT2D eigenvalue weighted by molar-refractivity contribution is -0.122. The molecule has 3 fully saturated rings. The summed E-state index contributed by atoms with van der Waals surface area (Å²) in [5.74, 6) is 1.80. The molecule has 0 spiro atoms. The number of aromatic nitrogens is 2. The van der Waals surface area contributed by atoms with E-state index in [4.69, 9.17) is 14.8 Å². The maximum absolute atomic E-state index is 12.8. The predicted octanol–water partition coefficient (Wildman–Crippen LogP) is 4.69. The van der Waals surface area contributed by atoms with Crippen molar-refractivity contribution in [2.75, 3.05) is 44.7 Å². The van der Waals surface area contributed by atoms with Gasteiger partial charge in [-0.3, -0.25) is 9.59 Å². The van der Waals surface area contributed by atoms with Gasteiger partial charge in [0.2, 0.25) is 11.8 Å². The zero-order valence-corrected chi connectivity index (χ0v) is 32.5. The van der Waals surface area contributed by atoms with Crippen molar-refractivity contribution in [2.45, 2.75) is 84.3 Å². The number of anilines is 4. The Morgan fingerprint density at radius 1 is 0.722 bits per heavy atom. The van der Waals surface area contributed by atoms with Crippen molar-refractivity contribution in [3.63, 3.8) is 0 Å². The fraction of sp³-hybridized carbons (Fsp3) is 0.459. The van der Waals surface area contributed by atoms with Gasteiger partial charge in [-0.05, 0) is 95.2 Å². The van der Waals surface area contributed by atoms with Crippen molar-refractivity contribution < 1.29 is 35.5 Å². The van der Waals surface area contributed by atoms with Crippen LogP contribution in [-0.2, 0) is 29.3 Å². The minimum Gasteiger partial charge on any atom is -0.397 e. The van der Waals surface area contributed by atoms with Gasteiger partial charge in [-0.25, -0.2) is 16.8 Å². The van der Waals surface area contributed by atoms with Gasteiger partial charge in [0.05, 0.1) is 57.1 Å². The zero-order valence-electron chi connectivity index (χ0n) is 30.8. The van der Waals surface area contributed by atoms with Crippen molar-refractivity contribution in [1.82, 2.24) is 15.6 Å². The lowest BCUT2D eigenvalue weighted by Crippen LogP contribution is -2.37. The summed E-state index contributed by atoms with van der Waals surface area (Å²) in [7, 11) is -5.82. The number of carbonyl (C=O) groups is 2. The average Bonchev–Trinajstić information content (AvgIpc) is 3.81. The molecule has 7 rings (SSSR count). The highest BCUT2D eigenvalue weighted by atomic mass is 32.2. The minimum absolute atomic E-state index is 0.00438. The van der Waals surface area contributed by atoms with Crippen molar-refractivity contribution in [2.24, 2.45) is 0 Å². The number of nitrogens with zero attached hydrogens (tertiary/aromatic N) is 2. The van der Waals surface area contributed by atoms with Crippen LogP contribution >= 0.6 is 0 Å². The largest absolute Gasteiger partial charge is 0.397 e. The van der Waals surface area contributed by atoms with Gasteiger partial charge in [-0.2, -0.15) is 0 Å². The second kappa shape index (κ2) is 15.8. The Kier molecular flexibility index (Phi) is 11.4. The van der Waals surface area contributed by atoms with E-state index >= 15 is 0 Å². The normalized spacial score (nSPS) is 19.7. The van der Waals surface area contributed by atoms with Crippen LogP contribution in [0.1, 0.15) is 61.4 Å². The first-order valence-electron chi connectivity index (χ1n) is 18.0. The number of benzene rings is 2. The molecule has 2 aromatic carbocycles. The molecule has 1 atom stereocenters. The molecule has 5 heterocycles. The lowest BCUT2D eigenvalue weighted by atomic mass is 10.0. The number of aryl methyl sites for hydroxylation is 4. The summed E-state index contributed by atoms with van der Waals surface area (Å²) in [5, 5.41) is 20.3. The van der Waals surface area contributed by atoms with Crippen LogP contribution < -0.4 is 27.0 Å². The Balaban J connectivity index is 0.000000193. The van der Waals surface area contributed by atoms with E-state index in [2.05, 4.69) is 31.6 Å². The van der Waals surface area contributed by atoms with Gasteiger partial charge in [0.1, 0.15) is 37.2 Å². The zero-order chi connectivity index (χ0) is 38.8. The van der Waals surface area contributed by atoms with Crippen molar-refractivity contribution >= 4 is 54.2 Å². The summed E-state index contributed by atoms with van der Waals surface area (Å²) in [6.07, 6.45) is 3.05. The van der Waals surface area contributed by atoms with Crippen LogP contribution in [0.2, 0.25) is 0 Å². The Morgan fingerprint density at radius 2 is 1.20 bits per heavy atom. The van der Waals surface area contributed by atoms with E-state index in [0.29, 0.717) is 61.3 Å². The summed E-state index contributed by atoms with van der Waals surface area (Å²) < 4.78 is 56.9. The van der Waals surface area contributed by atoms with Gasteiger partial charge in [0.25, 0.3) is 0 Å². The molecule has 15 nitrogen and oxygen atoms in total. The minimum atomic E-state index is -2.97. The molecule has 0 unspecified atom stereocenters. The molecule has 54 heavy (non-hydrogen) atoms. The first-order chi connectivity index (χ1) is 25.6. The van der Waals surface area contributed by atoms with Crippen LogP contribution in [-0.4, -0.2) is 80.1 Å². The van der Waals surface area contributed by atoms with Crippen LogP contribution in [0.4, 0.5) is 22.7 Å². The number of carbonyl (C=O) groups excluding carboxylic acids is 2. The monoisotopic (exact) mass is 781 g/mol. The molecule has 0 aliphatic carbocycles. The molecule has 0 bridgehead atoms. The van der Waals surface area contributed by atoms with Crippen molar-refractivity contribution in [3.8, 4) is 22.3 Å². The van der Waals surface area contributed by atoms with Crippen LogP contribution in [0.5, 0.6) is 0 Å². The highest BCUT2D eigenvalue weighted by Crippen LogP contribution is 2.35. The molecule has 4 aromatic rings. The van der Waals surface area contributed by atoms with E-state index in [0.717, 1.165) is 45.1 Å². The number of nitrogen functional groups attached to an aromatic ring is 1. The maximum Gasteiger partial charge on any atom is 0.247 e. The molecular formula is C37H47N7O8S2. The van der Waals surface area contributed by atoms with Gasteiger partial charge >= 0.3 is 0 Å². The standard InChI is InChI=1S/C21H26N4O5S.C16H21N3O3S/c1-12-20(13(2)30-25-12)14-3-4-16(22-15-7-9-31(28,29)10-8-15)18(11-14)24-21(27)17-5-6-19(26)23-17;1-10-16(11(2)22-19-10)12-3-4-15(14(17)9-12)18-13-5-7-23(20,21)8-6-13/h3-4,11,15,17,22H,5-10H2,1-2H3,(H,23,26)(H,24,27);3-4,9,13,18H,5-8,17H2,1-2H3/t17-;/m0./s1. The quantitative estimate of drug-likeness (QED) is 0.153. The number of rotatable bonds is 8. The van der Waals surface area contributed by atoms with Crippen LogP contribution in [0.15, 0.2) is 45.4 Å². The van der Waals surface area contributed by atoms with Gasteiger partial charge in [-0.15, -0.1) is 0 Å². The number of nitrogens with two attached hydrogens (primary N) is 1. The van der Waals surface area contributed by atoms with E-state index in [1.807, 2.05) is 64.1 Å². The van der Waals surface area contributed by atoms with E-state index in [1.165, 1.54) is 0 Å². The van der Waals surface area contributed by atoms with E-state index in [-0.39, 0.29) is 46.9 Å². The van der Waals surface area contributed by atoms with Crippen molar-refractivity contribution in [3.05, 3.63) is 59.3 Å². The van der Waals surface area contributed by atoms with E-state index < -0.39 is 25.7 Å².